The second-order valence-corrected chi connectivity index (χ2v) is 4.24. The number of hydrogen-bond donors (Lipinski definition) is 2. The Morgan fingerprint density at radius 1 is 1.05 bits per heavy atom. The lowest BCUT2D eigenvalue weighted by Gasteiger charge is -2.30. The normalized spacial score (nSPS) is 12.4. The number of nitrogens with zero attached hydrogens (tertiary/aromatic N) is 2. The van der Waals surface area contributed by atoms with E-state index in [4.69, 9.17) is 11.5 Å². The third kappa shape index (κ3) is 8.01. The molecule has 0 saturated carbocycles. The predicted molar refractivity (Wildman–Crippen MR) is 68.0 cm³/mol. The molecule has 108 valence electrons. The van der Waals surface area contributed by atoms with E-state index in [1.165, 1.54) is 0 Å². The van der Waals surface area contributed by atoms with E-state index in [2.05, 4.69) is 0 Å². The number of primary amides is 2. The van der Waals surface area contributed by atoms with Crippen molar-refractivity contribution in [3.8, 4) is 0 Å². The van der Waals surface area contributed by atoms with Crippen LogP contribution in [0.4, 0.5) is 0 Å². The summed E-state index contributed by atoms with van der Waals surface area (Å²) in [4.78, 5) is 45.9. The fraction of sp³-hybridized carbons (Fsp3) is 0.636. The second kappa shape index (κ2) is 9.17. The fourth-order valence-electron chi connectivity index (χ4n) is 1.71. The summed E-state index contributed by atoms with van der Waals surface area (Å²) in [7, 11) is 0. The smallest absolute Gasteiger partial charge is 0.231 e. The third-order valence-electron chi connectivity index (χ3n) is 2.53. The minimum absolute atomic E-state index is 0.0512. The largest absolute Gasteiger partial charge is 0.369 e. The Hall–Kier alpha value is -1.80. The number of carbonyl (C=O) groups excluding carboxylic acids is 4. The van der Waals surface area contributed by atoms with Crippen LogP contribution in [-0.2, 0) is 19.2 Å². The lowest BCUT2D eigenvalue weighted by Crippen LogP contribution is -2.48. The molecule has 0 unspecified atom stereocenters. The predicted octanol–water partition coefficient (Wildman–Crippen LogP) is -2.65. The first-order valence-corrected chi connectivity index (χ1v) is 5.81. The third-order valence-corrected chi connectivity index (χ3v) is 2.53. The quantitative estimate of drug-likeness (QED) is 0.395. The van der Waals surface area contributed by atoms with Crippen LogP contribution in [0.3, 0.4) is 0 Å². The first kappa shape index (κ1) is 17.2. The molecule has 4 N–H and O–H groups in total. The summed E-state index contributed by atoms with van der Waals surface area (Å²) in [6, 6.07) is -0.225. The Morgan fingerprint density at radius 2 is 1.58 bits per heavy atom. The summed E-state index contributed by atoms with van der Waals surface area (Å²) >= 11 is 0. The first-order valence-electron chi connectivity index (χ1n) is 5.81. The number of aldehydes is 2. The van der Waals surface area contributed by atoms with Crippen LogP contribution in [0.25, 0.3) is 0 Å². The van der Waals surface area contributed by atoms with Gasteiger partial charge in [-0.05, 0) is 6.92 Å². The maximum absolute atomic E-state index is 10.9. The van der Waals surface area contributed by atoms with Gasteiger partial charge in [0.05, 0.1) is 26.2 Å². The number of carbonyl (C=O) groups is 4. The van der Waals surface area contributed by atoms with Crippen LogP contribution in [0, 0.1) is 0 Å². The second-order valence-electron chi connectivity index (χ2n) is 4.24. The van der Waals surface area contributed by atoms with Gasteiger partial charge in [0.25, 0.3) is 0 Å². The maximum atomic E-state index is 10.9. The molecule has 8 nitrogen and oxygen atoms in total. The average molecular weight is 272 g/mol. The van der Waals surface area contributed by atoms with E-state index in [1.807, 2.05) is 0 Å². The molecule has 0 spiro atoms. The first-order chi connectivity index (χ1) is 8.90. The highest BCUT2D eigenvalue weighted by Gasteiger charge is 2.19. The van der Waals surface area contributed by atoms with Crippen molar-refractivity contribution in [3.05, 3.63) is 0 Å². The molecule has 0 fully saturated rings. The standard InChI is InChI=1S/C11H20N4O4/c1-9(15(3-5-17)8-11(13)19)6-14(2-4-16)7-10(12)18/h4-5,9H,2-3,6-8H2,1H3,(H2,12,18)(H2,13,19)/t9-/m1/s1. The van der Waals surface area contributed by atoms with E-state index in [0.29, 0.717) is 19.1 Å². The zero-order chi connectivity index (χ0) is 14.8. The van der Waals surface area contributed by atoms with Crippen molar-refractivity contribution < 1.29 is 19.2 Å². The van der Waals surface area contributed by atoms with Gasteiger partial charge in [0.15, 0.2) is 0 Å². The van der Waals surface area contributed by atoms with Crippen molar-refractivity contribution in [1.82, 2.24) is 9.80 Å². The molecular formula is C11H20N4O4. The monoisotopic (exact) mass is 272 g/mol. The maximum Gasteiger partial charge on any atom is 0.231 e. The molecule has 0 rings (SSSR count). The molecular weight excluding hydrogens is 252 g/mol. The zero-order valence-corrected chi connectivity index (χ0v) is 10.9. The van der Waals surface area contributed by atoms with Crippen molar-refractivity contribution in [3.63, 3.8) is 0 Å². The number of amides is 2. The molecule has 1 atom stereocenters. The van der Waals surface area contributed by atoms with Crippen molar-refractivity contribution in [2.75, 3.05) is 32.7 Å². The van der Waals surface area contributed by atoms with Gasteiger partial charge in [0.1, 0.15) is 12.6 Å². The Bertz CT molecular complexity index is 335. The topological polar surface area (TPSA) is 127 Å². The minimum Gasteiger partial charge on any atom is -0.369 e. The van der Waals surface area contributed by atoms with Crippen molar-refractivity contribution >= 4 is 24.4 Å². The fourth-order valence-corrected chi connectivity index (χ4v) is 1.71. The molecule has 0 aromatic heterocycles. The summed E-state index contributed by atoms with van der Waals surface area (Å²) in [5, 5.41) is 0. The summed E-state index contributed by atoms with van der Waals surface area (Å²) in [6.07, 6.45) is 1.32. The van der Waals surface area contributed by atoms with Crippen LogP contribution in [0.2, 0.25) is 0 Å². The van der Waals surface area contributed by atoms with Crippen LogP contribution in [0.5, 0.6) is 0 Å². The van der Waals surface area contributed by atoms with Gasteiger partial charge in [-0.3, -0.25) is 19.4 Å². The van der Waals surface area contributed by atoms with Crippen molar-refractivity contribution in [1.29, 1.82) is 0 Å². The molecule has 0 aliphatic heterocycles. The van der Waals surface area contributed by atoms with E-state index >= 15 is 0 Å². The SMILES string of the molecule is C[C@H](CN(CC=O)CC(N)=O)N(CC=O)CC(N)=O. The summed E-state index contributed by atoms with van der Waals surface area (Å²) in [6.45, 7) is 2.07. The molecule has 0 aromatic rings. The molecule has 19 heavy (non-hydrogen) atoms. The van der Waals surface area contributed by atoms with Crippen LogP contribution < -0.4 is 11.5 Å². The van der Waals surface area contributed by atoms with E-state index < -0.39 is 11.8 Å². The molecule has 8 heteroatoms. The minimum atomic E-state index is -0.550. The van der Waals surface area contributed by atoms with Crippen LogP contribution >= 0.6 is 0 Å². The van der Waals surface area contributed by atoms with Gasteiger partial charge < -0.3 is 21.1 Å². The number of rotatable bonds is 11. The summed E-state index contributed by atoms with van der Waals surface area (Å²) in [5.41, 5.74) is 10.2. The number of hydrogen-bond acceptors (Lipinski definition) is 6. The summed E-state index contributed by atoms with van der Waals surface area (Å²) in [5.74, 6) is -1.10. The highest BCUT2D eigenvalue weighted by Crippen LogP contribution is 2.01. The Morgan fingerprint density at radius 3 is 2.00 bits per heavy atom. The molecule has 2 amide bonds. The average Bonchev–Trinajstić information content (AvgIpc) is 2.27. The lowest BCUT2D eigenvalue weighted by molar-refractivity contribution is -0.122. The van der Waals surface area contributed by atoms with Gasteiger partial charge in [0.2, 0.25) is 11.8 Å². The number of nitrogens with two attached hydrogens (primary N) is 2. The lowest BCUT2D eigenvalue weighted by atomic mass is 10.2. The van der Waals surface area contributed by atoms with Gasteiger partial charge in [0, 0.05) is 12.6 Å². The van der Waals surface area contributed by atoms with E-state index in [9.17, 15) is 19.2 Å². The van der Waals surface area contributed by atoms with Gasteiger partial charge in [-0.15, -0.1) is 0 Å². The molecule has 0 bridgehead atoms. The van der Waals surface area contributed by atoms with Crippen molar-refractivity contribution in [2.45, 2.75) is 13.0 Å². The Kier molecular flexibility index (Phi) is 8.30. The Balaban J connectivity index is 4.57. The highest BCUT2D eigenvalue weighted by molar-refractivity contribution is 5.76. The van der Waals surface area contributed by atoms with Crippen LogP contribution in [-0.4, -0.2) is 73.0 Å². The van der Waals surface area contributed by atoms with E-state index in [1.54, 1.807) is 16.7 Å². The molecule has 0 aliphatic rings. The van der Waals surface area contributed by atoms with Gasteiger partial charge in [-0.2, -0.15) is 0 Å². The van der Waals surface area contributed by atoms with Crippen LogP contribution in [0.1, 0.15) is 6.92 Å². The summed E-state index contributed by atoms with van der Waals surface area (Å²) < 4.78 is 0. The molecule has 0 aromatic carbocycles. The van der Waals surface area contributed by atoms with Gasteiger partial charge in [-0.1, -0.05) is 0 Å². The van der Waals surface area contributed by atoms with Crippen molar-refractivity contribution in [2.24, 2.45) is 11.5 Å². The highest BCUT2D eigenvalue weighted by atomic mass is 16.2. The van der Waals surface area contributed by atoms with Gasteiger partial charge >= 0.3 is 0 Å². The van der Waals surface area contributed by atoms with E-state index in [-0.39, 0.29) is 32.2 Å². The van der Waals surface area contributed by atoms with Gasteiger partial charge in [-0.25, -0.2) is 0 Å². The van der Waals surface area contributed by atoms with E-state index in [0.717, 1.165) is 0 Å². The molecule has 0 saturated heterocycles. The molecule has 0 heterocycles. The molecule has 0 aliphatic carbocycles. The Labute approximate surface area is 111 Å². The molecule has 0 radical (unpaired) electrons. The zero-order valence-electron chi connectivity index (χ0n) is 10.9. The van der Waals surface area contributed by atoms with Crippen LogP contribution in [0.15, 0.2) is 0 Å².